The van der Waals surface area contributed by atoms with E-state index in [0.29, 0.717) is 18.4 Å². The molecule has 3 aliphatic carbocycles. The highest BCUT2D eigenvalue weighted by Crippen LogP contribution is 2.69. The second-order valence-electron chi connectivity index (χ2n) is 19.6. The highest BCUT2D eigenvalue weighted by Gasteiger charge is 2.80. The summed E-state index contributed by atoms with van der Waals surface area (Å²) in [7, 11) is -6.07. The van der Waals surface area contributed by atoms with Gasteiger partial charge in [0.25, 0.3) is 0 Å². The van der Waals surface area contributed by atoms with Crippen molar-refractivity contribution < 1.29 is 46.6 Å². The first-order valence-electron chi connectivity index (χ1n) is 22.6. The standard InChI is InChI=1S/C46H75O10Si3/c1-16-58(17-2,18-3)54-33-28-46(56-57(14)15)40(50-41(48)32-25-23-22-24-26-32)38-44(13,39-37(52-43(11,12)53-39)36(30(33)7)42(46,9)10)34(55-59(19-4,20-5)21-6)27-35-45(38,29-49-35)51-31(8)47/h22-26,33-35,37-40H,16-21,27-29H2,1-15H3/t33-,34-,35+,37+,38-,39+,40-,44+,45-,46+/m0/s1. The molecule has 10 nitrogen and oxygen atoms in total. The number of hydrogen-bond acceptors (Lipinski definition) is 10. The smallest absolute Gasteiger partial charge is 0.338 e. The molecule has 13 heteroatoms. The lowest BCUT2D eigenvalue weighted by atomic mass is 9.44. The molecule has 6 rings (SSSR count). The lowest BCUT2D eigenvalue weighted by Crippen LogP contribution is -2.83. The number of ether oxygens (including phenoxy) is 5. The molecule has 0 N–H and O–H groups in total. The Hall–Kier alpha value is -1.69. The molecule has 331 valence electrons. The van der Waals surface area contributed by atoms with E-state index in [1.54, 1.807) is 12.1 Å². The lowest BCUT2D eigenvalue weighted by Gasteiger charge is -2.70. The molecule has 2 aliphatic heterocycles. The van der Waals surface area contributed by atoms with Gasteiger partial charge in [0, 0.05) is 30.6 Å². The predicted octanol–water partition coefficient (Wildman–Crippen LogP) is 10.0. The van der Waals surface area contributed by atoms with Crippen molar-refractivity contribution in [1.82, 2.24) is 0 Å². The van der Waals surface area contributed by atoms with Crippen molar-refractivity contribution in [3.05, 3.63) is 47.0 Å². The second kappa shape index (κ2) is 16.8. The van der Waals surface area contributed by atoms with Crippen molar-refractivity contribution in [2.75, 3.05) is 6.61 Å². The number of esters is 2. The molecule has 10 atom stereocenters. The number of carbonyl (C=O) groups is 2. The molecule has 2 bridgehead atoms. The highest BCUT2D eigenvalue weighted by atomic mass is 28.4. The first kappa shape index (κ1) is 46.8. The number of rotatable bonds is 15. The number of carbonyl (C=O) groups excluding carboxylic acids is 2. The molecule has 59 heavy (non-hydrogen) atoms. The molecule has 0 aromatic heterocycles. The molecule has 0 spiro atoms. The minimum absolute atomic E-state index is 0.148. The molecule has 1 aromatic rings. The lowest BCUT2D eigenvalue weighted by molar-refractivity contribution is -0.359. The molecular formula is C46H75O10Si3. The zero-order valence-electron chi connectivity index (χ0n) is 38.9. The maximum absolute atomic E-state index is 15.0. The van der Waals surface area contributed by atoms with Gasteiger partial charge in [0.15, 0.2) is 28.0 Å². The van der Waals surface area contributed by atoms with Crippen molar-refractivity contribution in [3.63, 3.8) is 0 Å². The summed E-state index contributed by atoms with van der Waals surface area (Å²) in [4.78, 5) is 28.6. The van der Waals surface area contributed by atoms with Gasteiger partial charge < -0.3 is 37.0 Å². The predicted molar refractivity (Wildman–Crippen MR) is 236 cm³/mol. The van der Waals surface area contributed by atoms with Crippen LogP contribution in [-0.2, 0) is 41.8 Å². The Labute approximate surface area is 359 Å². The molecule has 2 heterocycles. The van der Waals surface area contributed by atoms with Gasteiger partial charge in [0.1, 0.15) is 23.9 Å². The third kappa shape index (κ3) is 7.55. The average Bonchev–Trinajstić information content (AvgIpc) is 3.51. The SMILES string of the molecule is CC[Si](CC)(CC)O[C@H]1C[C@@]2(O[Si](C)C)[C@@H](OC(=O)c3ccccc3)[C@@H]3[C@]4(OC(C)=O)CO[C@@H]4C[C@H](O[Si](CC)(CC)CC)[C@@]3(C)[C@@H]3OC(C)(C)O[C@@H]3C(=C1C)C2(C)C. The minimum Gasteiger partial charge on any atom is -0.455 e. The van der Waals surface area contributed by atoms with E-state index >= 15 is 0 Å². The van der Waals surface area contributed by atoms with Gasteiger partial charge in [-0.25, -0.2) is 4.79 Å². The molecule has 1 radical (unpaired) electrons. The quantitative estimate of drug-likeness (QED) is 0.0961. The van der Waals surface area contributed by atoms with E-state index in [4.69, 9.17) is 37.0 Å². The summed E-state index contributed by atoms with van der Waals surface area (Å²) < 4.78 is 58.2. The Morgan fingerprint density at radius 2 is 1.42 bits per heavy atom. The zero-order valence-corrected chi connectivity index (χ0v) is 41.9. The van der Waals surface area contributed by atoms with Crippen LogP contribution in [0.3, 0.4) is 0 Å². The fourth-order valence-corrected chi connectivity index (χ4v) is 19.2. The summed E-state index contributed by atoms with van der Waals surface area (Å²) in [5.41, 5.74) is -1.42. The molecule has 2 saturated carbocycles. The minimum atomic E-state index is -2.31. The average molecular weight is 872 g/mol. The summed E-state index contributed by atoms with van der Waals surface area (Å²) in [6, 6.07) is 15.0. The van der Waals surface area contributed by atoms with Crippen LogP contribution in [0.1, 0.15) is 113 Å². The first-order chi connectivity index (χ1) is 27.6. The summed E-state index contributed by atoms with van der Waals surface area (Å²) in [6.45, 7) is 32.4. The zero-order chi connectivity index (χ0) is 43.6. The molecular weight excluding hydrogens is 797 g/mol. The second-order valence-corrected chi connectivity index (χ2v) is 31.1. The van der Waals surface area contributed by atoms with E-state index in [1.807, 2.05) is 32.0 Å². The van der Waals surface area contributed by atoms with Crippen LogP contribution in [-0.4, -0.2) is 97.8 Å². The van der Waals surface area contributed by atoms with E-state index in [0.717, 1.165) is 47.4 Å². The molecule has 0 amide bonds. The maximum Gasteiger partial charge on any atom is 0.338 e. The molecule has 2 saturated heterocycles. The largest absolute Gasteiger partial charge is 0.455 e. The van der Waals surface area contributed by atoms with Crippen LogP contribution in [0.2, 0.25) is 49.4 Å². The summed E-state index contributed by atoms with van der Waals surface area (Å²) in [6.07, 6.45) is -2.38. The number of hydrogen-bond donors (Lipinski definition) is 0. The molecule has 4 fully saturated rings. The monoisotopic (exact) mass is 871 g/mol. The van der Waals surface area contributed by atoms with Crippen molar-refractivity contribution in [2.45, 2.75) is 206 Å². The van der Waals surface area contributed by atoms with Gasteiger partial charge in [-0.3, -0.25) is 4.79 Å². The highest BCUT2D eigenvalue weighted by molar-refractivity contribution is 6.74. The Bertz CT molecular complexity index is 1710. The Morgan fingerprint density at radius 3 is 1.93 bits per heavy atom. The van der Waals surface area contributed by atoms with Crippen molar-refractivity contribution >= 4 is 37.6 Å². The van der Waals surface area contributed by atoms with Crippen LogP contribution in [0.15, 0.2) is 41.5 Å². The van der Waals surface area contributed by atoms with Crippen LogP contribution in [0, 0.1) is 16.7 Å². The Morgan fingerprint density at radius 1 is 0.847 bits per heavy atom. The van der Waals surface area contributed by atoms with Crippen molar-refractivity contribution in [3.8, 4) is 0 Å². The van der Waals surface area contributed by atoms with Gasteiger partial charge in [-0.2, -0.15) is 0 Å². The van der Waals surface area contributed by atoms with Crippen LogP contribution >= 0.6 is 0 Å². The van der Waals surface area contributed by atoms with E-state index in [9.17, 15) is 9.59 Å². The summed E-state index contributed by atoms with van der Waals surface area (Å²) in [5.74, 6) is -2.55. The van der Waals surface area contributed by atoms with Gasteiger partial charge in [-0.05, 0) is 93.4 Å². The number of benzene rings is 1. The van der Waals surface area contributed by atoms with Gasteiger partial charge in [-0.15, -0.1) is 0 Å². The fourth-order valence-electron chi connectivity index (χ4n) is 12.2. The molecule has 0 unspecified atom stereocenters. The van der Waals surface area contributed by atoms with Gasteiger partial charge >= 0.3 is 11.9 Å². The number of fused-ring (bicyclic) bond motifs is 8. The topological polar surface area (TPSA) is 108 Å². The Balaban J connectivity index is 1.77. The van der Waals surface area contributed by atoms with Crippen molar-refractivity contribution in [2.24, 2.45) is 16.7 Å². The molecule has 5 aliphatic rings. The van der Waals surface area contributed by atoms with Crippen LogP contribution in [0.5, 0.6) is 0 Å². The third-order valence-corrected chi connectivity index (χ3v) is 25.9. The van der Waals surface area contributed by atoms with Crippen LogP contribution in [0.25, 0.3) is 0 Å². The maximum atomic E-state index is 15.0. The summed E-state index contributed by atoms with van der Waals surface area (Å²) >= 11 is 0. The summed E-state index contributed by atoms with van der Waals surface area (Å²) in [5, 5.41) is 0. The van der Waals surface area contributed by atoms with Crippen molar-refractivity contribution in [1.29, 1.82) is 0 Å². The normalized spacial score (nSPS) is 36.1. The van der Waals surface area contributed by atoms with Gasteiger partial charge in [-0.1, -0.05) is 80.5 Å². The third-order valence-electron chi connectivity index (χ3n) is 15.9. The van der Waals surface area contributed by atoms with E-state index in [2.05, 4.69) is 82.3 Å². The first-order valence-corrected chi connectivity index (χ1v) is 30.1. The van der Waals surface area contributed by atoms with Gasteiger partial charge in [0.2, 0.25) is 9.04 Å². The van der Waals surface area contributed by atoms with E-state index in [-0.39, 0.29) is 12.7 Å². The van der Waals surface area contributed by atoms with E-state index in [1.165, 1.54) is 6.92 Å². The van der Waals surface area contributed by atoms with E-state index < -0.39 is 102 Å². The Kier molecular flexibility index (Phi) is 13.3. The fraction of sp³-hybridized carbons (Fsp3) is 0.783. The molecule has 1 aromatic carbocycles. The van der Waals surface area contributed by atoms with Gasteiger partial charge in [0.05, 0.1) is 36.4 Å². The van der Waals surface area contributed by atoms with Crippen LogP contribution in [0.4, 0.5) is 0 Å². The van der Waals surface area contributed by atoms with Crippen LogP contribution < -0.4 is 0 Å².